The summed E-state index contributed by atoms with van der Waals surface area (Å²) in [5.74, 6) is 0.746. The van der Waals surface area contributed by atoms with Crippen LogP contribution in [0, 0.1) is 13.8 Å². The molecule has 0 saturated heterocycles. The molecule has 22 heavy (non-hydrogen) atoms. The van der Waals surface area contributed by atoms with Gasteiger partial charge in [-0.05, 0) is 61.2 Å². The van der Waals surface area contributed by atoms with E-state index < -0.39 is 0 Å². The minimum absolute atomic E-state index is 0.126. The third-order valence-electron chi connectivity index (χ3n) is 3.57. The van der Waals surface area contributed by atoms with Crippen molar-refractivity contribution in [2.45, 2.75) is 27.2 Å². The fourth-order valence-electron chi connectivity index (χ4n) is 1.99. The highest BCUT2D eigenvalue weighted by Gasteiger charge is 2.02. The number of carbonyl (C=O) groups is 1. The number of amides is 2. The molecule has 2 amide bonds. The second kappa shape index (κ2) is 7.50. The van der Waals surface area contributed by atoms with Gasteiger partial charge in [0, 0.05) is 5.69 Å². The van der Waals surface area contributed by atoms with Gasteiger partial charge < -0.3 is 15.4 Å². The number of carbonyl (C=O) groups excluding carboxylic acids is 1. The van der Waals surface area contributed by atoms with E-state index in [4.69, 9.17) is 4.74 Å². The maximum absolute atomic E-state index is 11.8. The number of ether oxygens (including phenoxy) is 1. The van der Waals surface area contributed by atoms with Crippen LogP contribution in [0.1, 0.15) is 23.6 Å². The molecule has 0 bridgehead atoms. The van der Waals surface area contributed by atoms with Crippen molar-refractivity contribution in [3.63, 3.8) is 0 Å². The molecule has 4 heteroatoms. The van der Waals surface area contributed by atoms with Crippen LogP contribution in [-0.4, -0.2) is 12.8 Å². The number of hydrogen-bond acceptors (Lipinski definition) is 2. The molecule has 0 spiro atoms. The van der Waals surface area contributed by atoms with Crippen LogP contribution in [0.3, 0.4) is 0 Å². The lowest BCUT2D eigenvalue weighted by Gasteiger charge is -2.10. The van der Waals surface area contributed by atoms with Crippen molar-refractivity contribution in [1.29, 1.82) is 0 Å². The van der Waals surface area contributed by atoms with E-state index in [1.165, 1.54) is 11.1 Å². The highest BCUT2D eigenvalue weighted by molar-refractivity contribution is 5.89. The molecule has 116 valence electrons. The van der Waals surface area contributed by atoms with Crippen molar-refractivity contribution in [2.75, 3.05) is 12.0 Å². The number of nitrogens with one attached hydrogen (secondary N) is 2. The minimum atomic E-state index is -0.284. The summed E-state index contributed by atoms with van der Waals surface area (Å²) in [5.41, 5.74) is 4.39. The van der Waals surface area contributed by atoms with Gasteiger partial charge in [-0.25, -0.2) is 4.79 Å². The molecule has 0 aliphatic heterocycles. The van der Waals surface area contributed by atoms with Gasteiger partial charge >= 0.3 is 6.03 Å². The second-order valence-electron chi connectivity index (χ2n) is 5.22. The zero-order valence-electron chi connectivity index (χ0n) is 13.3. The van der Waals surface area contributed by atoms with Gasteiger partial charge in [-0.1, -0.05) is 25.1 Å². The molecule has 2 N–H and O–H groups in total. The Bertz CT molecular complexity index is 636. The first-order valence-corrected chi connectivity index (χ1v) is 7.42. The van der Waals surface area contributed by atoms with Gasteiger partial charge in [-0.15, -0.1) is 0 Å². The van der Waals surface area contributed by atoms with Crippen LogP contribution in [-0.2, 0) is 6.42 Å². The summed E-state index contributed by atoms with van der Waals surface area (Å²) in [4.78, 5) is 11.8. The quantitative estimate of drug-likeness (QED) is 0.819. The Morgan fingerprint density at radius 1 is 1.05 bits per heavy atom. The van der Waals surface area contributed by atoms with E-state index in [2.05, 4.69) is 24.5 Å². The van der Waals surface area contributed by atoms with Crippen LogP contribution < -0.4 is 15.4 Å². The molecule has 2 aromatic rings. The number of rotatable bonds is 5. The van der Waals surface area contributed by atoms with Crippen LogP contribution in [0.2, 0.25) is 0 Å². The molecule has 0 heterocycles. The van der Waals surface area contributed by atoms with Gasteiger partial charge in [0.05, 0.1) is 0 Å². The monoisotopic (exact) mass is 298 g/mol. The smallest absolute Gasteiger partial charge is 0.321 e. The summed E-state index contributed by atoms with van der Waals surface area (Å²) in [7, 11) is 0. The van der Waals surface area contributed by atoms with E-state index in [0.29, 0.717) is 0 Å². The van der Waals surface area contributed by atoms with Gasteiger partial charge in [0.2, 0.25) is 0 Å². The Morgan fingerprint density at radius 2 is 1.77 bits per heavy atom. The number of hydrogen-bond donors (Lipinski definition) is 2. The Labute approximate surface area is 131 Å². The summed E-state index contributed by atoms with van der Waals surface area (Å²) >= 11 is 0. The largest absolute Gasteiger partial charge is 0.473 e. The van der Waals surface area contributed by atoms with E-state index >= 15 is 0 Å². The number of benzene rings is 2. The second-order valence-corrected chi connectivity index (χ2v) is 5.22. The predicted octanol–water partition coefficient (Wildman–Crippen LogP) is 4.02. The molecule has 2 rings (SSSR count). The van der Waals surface area contributed by atoms with E-state index in [1.54, 1.807) is 0 Å². The first-order valence-electron chi connectivity index (χ1n) is 7.42. The zero-order valence-corrected chi connectivity index (χ0v) is 13.3. The Balaban J connectivity index is 1.78. The van der Waals surface area contributed by atoms with Gasteiger partial charge in [0.1, 0.15) is 5.75 Å². The summed E-state index contributed by atoms with van der Waals surface area (Å²) in [6.45, 7) is 6.30. The molecule has 0 fully saturated rings. The van der Waals surface area contributed by atoms with Crippen molar-refractivity contribution in [1.82, 2.24) is 5.32 Å². The van der Waals surface area contributed by atoms with Gasteiger partial charge in [0.15, 0.2) is 6.73 Å². The summed E-state index contributed by atoms with van der Waals surface area (Å²) in [6.07, 6.45) is 0.982. The zero-order chi connectivity index (χ0) is 15.9. The van der Waals surface area contributed by atoms with Crippen LogP contribution >= 0.6 is 0 Å². The van der Waals surface area contributed by atoms with Gasteiger partial charge in [-0.3, -0.25) is 0 Å². The van der Waals surface area contributed by atoms with Crippen LogP contribution in [0.5, 0.6) is 5.75 Å². The maximum Gasteiger partial charge on any atom is 0.321 e. The average Bonchev–Trinajstić information content (AvgIpc) is 2.51. The molecular formula is C18H22N2O2. The maximum atomic E-state index is 11.8. The minimum Gasteiger partial charge on any atom is -0.473 e. The SMILES string of the molecule is CCc1ccc(NC(=O)NCOc2ccc(C)c(C)c2)cc1. The lowest BCUT2D eigenvalue weighted by molar-refractivity contribution is 0.234. The summed E-state index contributed by atoms with van der Waals surface area (Å²) in [6, 6.07) is 13.4. The van der Waals surface area contributed by atoms with E-state index in [0.717, 1.165) is 23.4 Å². The molecule has 0 radical (unpaired) electrons. The molecular weight excluding hydrogens is 276 g/mol. The molecule has 2 aromatic carbocycles. The van der Waals surface area contributed by atoms with E-state index in [-0.39, 0.29) is 12.8 Å². The number of urea groups is 1. The van der Waals surface area contributed by atoms with Crippen molar-refractivity contribution in [3.05, 3.63) is 59.2 Å². The first-order chi connectivity index (χ1) is 10.6. The van der Waals surface area contributed by atoms with Crippen LogP contribution in [0.15, 0.2) is 42.5 Å². The molecule has 0 aliphatic carbocycles. The Kier molecular flexibility index (Phi) is 5.42. The lowest BCUT2D eigenvalue weighted by Crippen LogP contribution is -2.32. The summed E-state index contributed by atoms with van der Waals surface area (Å²) < 4.78 is 5.51. The Hall–Kier alpha value is -2.49. The summed E-state index contributed by atoms with van der Waals surface area (Å²) in [5, 5.41) is 5.44. The number of aryl methyl sites for hydroxylation is 3. The lowest BCUT2D eigenvalue weighted by atomic mass is 10.1. The number of anilines is 1. The predicted molar refractivity (Wildman–Crippen MR) is 89.4 cm³/mol. The standard InChI is InChI=1S/C18H22N2O2/c1-4-15-6-8-16(9-7-15)20-18(21)19-12-22-17-10-5-13(2)14(3)11-17/h5-11H,4,12H2,1-3H3,(H2,19,20,21). The Morgan fingerprint density at radius 3 is 2.41 bits per heavy atom. The molecule has 0 atom stereocenters. The molecule has 0 aromatic heterocycles. The van der Waals surface area contributed by atoms with Crippen molar-refractivity contribution >= 4 is 11.7 Å². The topological polar surface area (TPSA) is 50.4 Å². The van der Waals surface area contributed by atoms with Crippen LogP contribution in [0.25, 0.3) is 0 Å². The third kappa shape index (κ3) is 4.52. The molecule has 4 nitrogen and oxygen atoms in total. The third-order valence-corrected chi connectivity index (χ3v) is 3.57. The highest BCUT2D eigenvalue weighted by atomic mass is 16.5. The van der Waals surface area contributed by atoms with Crippen molar-refractivity contribution in [2.24, 2.45) is 0 Å². The van der Waals surface area contributed by atoms with Gasteiger partial charge in [0.25, 0.3) is 0 Å². The van der Waals surface area contributed by atoms with Gasteiger partial charge in [-0.2, -0.15) is 0 Å². The highest BCUT2D eigenvalue weighted by Crippen LogP contribution is 2.16. The fraction of sp³-hybridized carbons (Fsp3) is 0.278. The molecule has 0 unspecified atom stereocenters. The van der Waals surface area contributed by atoms with E-state index in [9.17, 15) is 4.79 Å². The first kappa shape index (κ1) is 15.9. The molecule has 0 aliphatic rings. The average molecular weight is 298 g/mol. The van der Waals surface area contributed by atoms with Crippen LogP contribution in [0.4, 0.5) is 10.5 Å². The van der Waals surface area contributed by atoms with Crippen molar-refractivity contribution in [3.8, 4) is 5.75 Å². The fourth-order valence-corrected chi connectivity index (χ4v) is 1.99. The van der Waals surface area contributed by atoms with Crippen molar-refractivity contribution < 1.29 is 9.53 Å². The normalized spacial score (nSPS) is 10.1. The van der Waals surface area contributed by atoms with E-state index in [1.807, 2.05) is 49.4 Å². The molecule has 0 saturated carbocycles.